The average Bonchev–Trinajstić information content (AvgIpc) is 2.94. The number of rotatable bonds is 2. The Morgan fingerprint density at radius 3 is 2.93 bits per heavy atom. The lowest BCUT2D eigenvalue weighted by atomic mass is 10.4. The Hall–Kier alpha value is -1.30. The summed E-state index contributed by atoms with van der Waals surface area (Å²) in [4.78, 5) is 15.4. The number of carbonyl (C=O) groups is 1. The van der Waals surface area contributed by atoms with Crippen molar-refractivity contribution in [1.29, 1.82) is 0 Å². The molecule has 0 aromatic carbocycles. The molecule has 0 radical (unpaired) electrons. The molecule has 0 atom stereocenters. The van der Waals surface area contributed by atoms with Gasteiger partial charge < -0.3 is 11.1 Å². The van der Waals surface area contributed by atoms with Crippen LogP contribution >= 0.6 is 15.9 Å². The number of anilines is 2. The summed E-state index contributed by atoms with van der Waals surface area (Å²) in [6, 6.07) is 1.80. The first-order valence-corrected chi connectivity index (χ1v) is 5.43. The summed E-state index contributed by atoms with van der Waals surface area (Å²) in [5, 5.41) is 5.45. The highest BCUT2D eigenvalue weighted by atomic mass is 79.9. The zero-order valence-electron chi connectivity index (χ0n) is 7.96. The molecule has 4 N–H and O–H groups in total. The van der Waals surface area contributed by atoms with Crippen LogP contribution in [0.25, 0.3) is 0 Å². The van der Waals surface area contributed by atoms with Crippen molar-refractivity contribution in [3.05, 3.63) is 16.7 Å². The van der Waals surface area contributed by atoms with E-state index in [1.165, 1.54) is 6.20 Å². The maximum absolute atomic E-state index is 11.4. The van der Waals surface area contributed by atoms with Crippen LogP contribution in [0.1, 0.15) is 12.8 Å². The Morgan fingerprint density at radius 2 is 2.33 bits per heavy atom. The van der Waals surface area contributed by atoms with Crippen molar-refractivity contribution in [3.63, 3.8) is 0 Å². The van der Waals surface area contributed by atoms with Gasteiger partial charge in [0.2, 0.25) is 0 Å². The Bertz CT molecular complexity index is 392. The zero-order valence-corrected chi connectivity index (χ0v) is 9.54. The molecule has 1 fully saturated rings. The van der Waals surface area contributed by atoms with Gasteiger partial charge in [-0.15, -0.1) is 0 Å². The van der Waals surface area contributed by atoms with Gasteiger partial charge in [-0.3, -0.25) is 5.32 Å². The quantitative estimate of drug-likeness (QED) is 0.766. The van der Waals surface area contributed by atoms with Gasteiger partial charge in [0, 0.05) is 6.04 Å². The molecule has 0 unspecified atom stereocenters. The Morgan fingerprint density at radius 1 is 1.60 bits per heavy atom. The van der Waals surface area contributed by atoms with Gasteiger partial charge in [0.05, 0.1) is 16.4 Å². The van der Waals surface area contributed by atoms with Gasteiger partial charge in [-0.25, -0.2) is 9.78 Å². The number of hydrogen-bond acceptors (Lipinski definition) is 3. The molecular formula is C9H11BrN4O. The van der Waals surface area contributed by atoms with Crippen LogP contribution in [0.5, 0.6) is 0 Å². The molecule has 1 aromatic rings. The summed E-state index contributed by atoms with van der Waals surface area (Å²) in [5.74, 6) is 0.474. The van der Waals surface area contributed by atoms with Crippen molar-refractivity contribution in [3.8, 4) is 0 Å². The number of nitrogens with one attached hydrogen (secondary N) is 2. The fraction of sp³-hybridized carbons (Fsp3) is 0.333. The number of urea groups is 1. The molecule has 0 aliphatic heterocycles. The fourth-order valence-electron chi connectivity index (χ4n) is 1.10. The number of nitrogens with zero attached hydrogens (tertiary/aromatic N) is 1. The van der Waals surface area contributed by atoms with Crippen LogP contribution in [-0.2, 0) is 0 Å². The van der Waals surface area contributed by atoms with Gasteiger partial charge >= 0.3 is 6.03 Å². The van der Waals surface area contributed by atoms with E-state index in [-0.39, 0.29) is 6.03 Å². The fourth-order valence-corrected chi connectivity index (χ4v) is 1.57. The molecule has 5 nitrogen and oxygen atoms in total. The summed E-state index contributed by atoms with van der Waals surface area (Å²) in [6.45, 7) is 0. The monoisotopic (exact) mass is 270 g/mol. The minimum atomic E-state index is -0.226. The summed E-state index contributed by atoms with van der Waals surface area (Å²) in [6.07, 6.45) is 3.62. The number of carbonyl (C=O) groups excluding carboxylic acids is 1. The second-order valence-electron chi connectivity index (χ2n) is 3.47. The summed E-state index contributed by atoms with van der Waals surface area (Å²) in [5.41, 5.74) is 6.08. The lowest BCUT2D eigenvalue weighted by molar-refractivity contribution is 0.251. The van der Waals surface area contributed by atoms with E-state index in [1.54, 1.807) is 6.07 Å². The van der Waals surface area contributed by atoms with Crippen LogP contribution in [0.2, 0.25) is 0 Å². The molecule has 1 aliphatic rings. The van der Waals surface area contributed by atoms with Crippen molar-refractivity contribution in [2.45, 2.75) is 18.9 Å². The third kappa shape index (κ3) is 2.82. The first-order chi connectivity index (χ1) is 7.15. The van der Waals surface area contributed by atoms with Crippen LogP contribution in [0.3, 0.4) is 0 Å². The predicted molar refractivity (Wildman–Crippen MR) is 61.5 cm³/mol. The van der Waals surface area contributed by atoms with Crippen LogP contribution in [0.15, 0.2) is 16.7 Å². The van der Waals surface area contributed by atoms with Gasteiger partial charge in [-0.1, -0.05) is 0 Å². The molecule has 2 amide bonds. The molecule has 1 heterocycles. The molecule has 1 aliphatic carbocycles. The maximum Gasteiger partial charge on any atom is 0.320 e. The topological polar surface area (TPSA) is 80.0 Å². The van der Waals surface area contributed by atoms with Crippen molar-refractivity contribution in [2.75, 3.05) is 11.1 Å². The summed E-state index contributed by atoms with van der Waals surface area (Å²) < 4.78 is 0.674. The molecular weight excluding hydrogens is 260 g/mol. The van der Waals surface area contributed by atoms with Gasteiger partial charge in [0.1, 0.15) is 5.82 Å². The second-order valence-corrected chi connectivity index (χ2v) is 4.33. The number of aromatic nitrogens is 1. The average molecular weight is 271 g/mol. The standard InChI is InChI=1S/C9H11BrN4O/c10-7-3-5(11)4-12-8(7)14-9(15)13-6-1-2-6/h3-4,6H,1-2,11H2,(H2,12,13,14,15). The van der Waals surface area contributed by atoms with E-state index in [4.69, 9.17) is 5.73 Å². The number of pyridine rings is 1. The van der Waals surface area contributed by atoms with Crippen LogP contribution in [0, 0.1) is 0 Å². The van der Waals surface area contributed by atoms with Gasteiger partial charge in [0.15, 0.2) is 0 Å². The predicted octanol–water partition coefficient (Wildman–Crippen LogP) is 1.71. The van der Waals surface area contributed by atoms with E-state index in [1.807, 2.05) is 0 Å². The van der Waals surface area contributed by atoms with E-state index in [0.29, 0.717) is 22.0 Å². The normalized spacial score (nSPS) is 14.7. The summed E-state index contributed by atoms with van der Waals surface area (Å²) in [7, 11) is 0. The lowest BCUT2D eigenvalue weighted by Gasteiger charge is -2.07. The Kier molecular flexibility index (Phi) is 2.77. The van der Waals surface area contributed by atoms with E-state index in [2.05, 4.69) is 31.5 Å². The first kappa shape index (κ1) is 10.2. The highest BCUT2D eigenvalue weighted by Gasteiger charge is 2.23. The number of amides is 2. The molecule has 80 valence electrons. The molecule has 15 heavy (non-hydrogen) atoms. The van der Waals surface area contributed by atoms with E-state index in [9.17, 15) is 4.79 Å². The minimum absolute atomic E-state index is 0.226. The SMILES string of the molecule is Nc1cnc(NC(=O)NC2CC2)c(Br)c1. The third-order valence-corrected chi connectivity index (χ3v) is 2.61. The van der Waals surface area contributed by atoms with Gasteiger partial charge in [-0.05, 0) is 34.8 Å². The first-order valence-electron chi connectivity index (χ1n) is 4.63. The van der Waals surface area contributed by atoms with Crippen molar-refractivity contribution >= 4 is 33.5 Å². The summed E-state index contributed by atoms with van der Waals surface area (Å²) >= 11 is 3.27. The zero-order chi connectivity index (χ0) is 10.8. The molecule has 0 bridgehead atoms. The highest BCUT2D eigenvalue weighted by Crippen LogP contribution is 2.22. The van der Waals surface area contributed by atoms with Crippen LogP contribution in [-0.4, -0.2) is 17.1 Å². The Balaban J connectivity index is 1.99. The minimum Gasteiger partial charge on any atom is -0.397 e. The molecule has 1 saturated carbocycles. The molecule has 0 spiro atoms. The van der Waals surface area contributed by atoms with E-state index < -0.39 is 0 Å². The van der Waals surface area contributed by atoms with Crippen molar-refractivity contribution < 1.29 is 4.79 Å². The van der Waals surface area contributed by atoms with Gasteiger partial charge in [0.25, 0.3) is 0 Å². The molecule has 2 rings (SSSR count). The smallest absolute Gasteiger partial charge is 0.320 e. The second kappa shape index (κ2) is 4.06. The largest absolute Gasteiger partial charge is 0.397 e. The molecule has 6 heteroatoms. The van der Waals surface area contributed by atoms with Crippen molar-refractivity contribution in [1.82, 2.24) is 10.3 Å². The van der Waals surface area contributed by atoms with E-state index >= 15 is 0 Å². The Labute approximate surface area is 95.6 Å². The third-order valence-electron chi connectivity index (χ3n) is 2.01. The number of nitrogens with two attached hydrogens (primary N) is 1. The number of nitrogen functional groups attached to an aromatic ring is 1. The van der Waals surface area contributed by atoms with Gasteiger partial charge in [-0.2, -0.15) is 0 Å². The van der Waals surface area contributed by atoms with Crippen molar-refractivity contribution in [2.24, 2.45) is 0 Å². The number of hydrogen-bond donors (Lipinski definition) is 3. The maximum atomic E-state index is 11.4. The lowest BCUT2D eigenvalue weighted by Crippen LogP contribution is -2.30. The number of halogens is 1. The van der Waals surface area contributed by atoms with E-state index in [0.717, 1.165) is 12.8 Å². The van der Waals surface area contributed by atoms with Crippen LogP contribution in [0.4, 0.5) is 16.3 Å². The molecule has 1 aromatic heterocycles. The van der Waals surface area contributed by atoms with Crippen LogP contribution < -0.4 is 16.4 Å². The highest BCUT2D eigenvalue weighted by molar-refractivity contribution is 9.10. The molecule has 0 saturated heterocycles.